The zero-order chi connectivity index (χ0) is 14.5. The fourth-order valence-electron chi connectivity index (χ4n) is 2.70. The minimum atomic E-state index is 0.119. The van der Waals surface area contributed by atoms with Crippen LogP contribution in [-0.4, -0.2) is 26.3 Å². The first-order valence-corrected chi connectivity index (χ1v) is 7.71. The van der Waals surface area contributed by atoms with E-state index in [9.17, 15) is 0 Å². The molecule has 4 heteroatoms. The van der Waals surface area contributed by atoms with Gasteiger partial charge >= 0.3 is 0 Å². The SMILES string of the molecule is COc1cc(Cl)cc(CC2CCCNC2)c1OC(C)C. The van der Waals surface area contributed by atoms with Crippen molar-refractivity contribution in [2.45, 2.75) is 39.2 Å². The minimum Gasteiger partial charge on any atom is -0.493 e. The molecule has 3 nitrogen and oxygen atoms in total. The van der Waals surface area contributed by atoms with Gasteiger partial charge in [0.05, 0.1) is 13.2 Å². The zero-order valence-electron chi connectivity index (χ0n) is 12.5. The summed E-state index contributed by atoms with van der Waals surface area (Å²) in [6, 6.07) is 3.83. The number of hydrogen-bond donors (Lipinski definition) is 1. The van der Waals surface area contributed by atoms with Crippen LogP contribution >= 0.6 is 11.6 Å². The lowest BCUT2D eigenvalue weighted by Crippen LogP contribution is -2.31. The molecule has 2 rings (SSSR count). The first-order valence-electron chi connectivity index (χ1n) is 7.34. The molecule has 0 saturated carbocycles. The molecule has 0 bridgehead atoms. The van der Waals surface area contributed by atoms with E-state index in [0.717, 1.165) is 36.6 Å². The summed E-state index contributed by atoms with van der Waals surface area (Å²) in [7, 11) is 1.66. The van der Waals surface area contributed by atoms with Gasteiger partial charge in [-0.25, -0.2) is 0 Å². The number of hydrogen-bond acceptors (Lipinski definition) is 3. The van der Waals surface area contributed by atoms with Crippen LogP contribution in [0.25, 0.3) is 0 Å². The highest BCUT2D eigenvalue weighted by Gasteiger charge is 2.19. The van der Waals surface area contributed by atoms with Gasteiger partial charge < -0.3 is 14.8 Å². The molecule has 0 amide bonds. The van der Waals surface area contributed by atoms with Gasteiger partial charge in [0.2, 0.25) is 0 Å². The molecule has 1 aromatic rings. The molecular formula is C16H24ClNO2. The van der Waals surface area contributed by atoms with Crippen molar-refractivity contribution in [2.75, 3.05) is 20.2 Å². The highest BCUT2D eigenvalue weighted by atomic mass is 35.5. The van der Waals surface area contributed by atoms with Crippen LogP contribution < -0.4 is 14.8 Å². The third-order valence-electron chi connectivity index (χ3n) is 3.58. The molecule has 1 fully saturated rings. The monoisotopic (exact) mass is 297 g/mol. The maximum Gasteiger partial charge on any atom is 0.164 e. The standard InChI is InChI=1S/C16H24ClNO2/c1-11(2)20-16-13(7-12-5-4-6-18-10-12)8-14(17)9-15(16)19-3/h8-9,11-12,18H,4-7,10H2,1-3H3. The quantitative estimate of drug-likeness (QED) is 0.899. The van der Waals surface area contributed by atoms with Gasteiger partial charge in [-0.1, -0.05) is 11.6 Å². The number of piperidine rings is 1. The number of ether oxygens (including phenoxy) is 2. The Bertz CT molecular complexity index is 442. The lowest BCUT2D eigenvalue weighted by Gasteiger charge is -2.25. The molecule has 1 aliphatic heterocycles. The van der Waals surface area contributed by atoms with Gasteiger partial charge in [-0.05, 0) is 63.7 Å². The third-order valence-corrected chi connectivity index (χ3v) is 3.80. The summed E-state index contributed by atoms with van der Waals surface area (Å²) in [6.07, 6.45) is 3.59. The second kappa shape index (κ2) is 7.19. The Hall–Kier alpha value is -0.930. The average Bonchev–Trinajstić information content (AvgIpc) is 2.42. The van der Waals surface area contributed by atoms with E-state index in [1.807, 2.05) is 26.0 Å². The van der Waals surface area contributed by atoms with Crippen molar-refractivity contribution in [1.29, 1.82) is 0 Å². The topological polar surface area (TPSA) is 30.5 Å². The Morgan fingerprint density at radius 1 is 1.40 bits per heavy atom. The number of benzene rings is 1. The Morgan fingerprint density at radius 3 is 2.80 bits per heavy atom. The molecule has 1 aliphatic rings. The van der Waals surface area contributed by atoms with Crippen LogP contribution in [-0.2, 0) is 6.42 Å². The predicted molar refractivity (Wildman–Crippen MR) is 83.1 cm³/mol. The van der Waals surface area contributed by atoms with Gasteiger partial charge in [-0.15, -0.1) is 0 Å². The number of rotatable bonds is 5. The van der Waals surface area contributed by atoms with Crippen molar-refractivity contribution in [3.05, 3.63) is 22.7 Å². The van der Waals surface area contributed by atoms with Gasteiger partial charge in [0.15, 0.2) is 11.5 Å². The van der Waals surface area contributed by atoms with E-state index >= 15 is 0 Å². The Labute approximate surface area is 126 Å². The summed E-state index contributed by atoms with van der Waals surface area (Å²) < 4.78 is 11.4. The van der Waals surface area contributed by atoms with Gasteiger partial charge in [0, 0.05) is 11.1 Å². The highest BCUT2D eigenvalue weighted by molar-refractivity contribution is 6.30. The minimum absolute atomic E-state index is 0.119. The molecule has 0 radical (unpaired) electrons. The lowest BCUT2D eigenvalue weighted by atomic mass is 9.92. The predicted octanol–water partition coefficient (Wildman–Crippen LogP) is 3.68. The molecule has 0 aromatic heterocycles. The van der Waals surface area contributed by atoms with E-state index in [-0.39, 0.29) is 6.10 Å². The molecule has 1 heterocycles. The number of nitrogens with one attached hydrogen (secondary N) is 1. The van der Waals surface area contributed by atoms with Gasteiger partial charge in [-0.2, -0.15) is 0 Å². The largest absolute Gasteiger partial charge is 0.493 e. The van der Waals surface area contributed by atoms with Crippen LogP contribution in [0.2, 0.25) is 5.02 Å². The Morgan fingerprint density at radius 2 is 2.20 bits per heavy atom. The molecule has 1 aromatic carbocycles. The second-order valence-corrected chi connectivity index (χ2v) is 6.12. The van der Waals surface area contributed by atoms with Gasteiger partial charge in [0.25, 0.3) is 0 Å². The zero-order valence-corrected chi connectivity index (χ0v) is 13.3. The van der Waals surface area contributed by atoms with E-state index in [1.165, 1.54) is 12.8 Å². The summed E-state index contributed by atoms with van der Waals surface area (Å²) in [4.78, 5) is 0. The fourth-order valence-corrected chi connectivity index (χ4v) is 2.94. The molecule has 0 aliphatic carbocycles. The van der Waals surface area contributed by atoms with Crippen LogP contribution in [0.15, 0.2) is 12.1 Å². The van der Waals surface area contributed by atoms with Crippen molar-refractivity contribution in [2.24, 2.45) is 5.92 Å². The highest BCUT2D eigenvalue weighted by Crippen LogP contribution is 2.37. The summed E-state index contributed by atoms with van der Waals surface area (Å²) in [5.41, 5.74) is 1.15. The van der Waals surface area contributed by atoms with Crippen LogP contribution in [0.3, 0.4) is 0 Å². The van der Waals surface area contributed by atoms with Gasteiger partial charge in [-0.3, -0.25) is 0 Å². The maximum absolute atomic E-state index is 6.20. The molecule has 1 atom stereocenters. The van der Waals surface area contributed by atoms with Crippen molar-refractivity contribution in [1.82, 2.24) is 5.32 Å². The maximum atomic E-state index is 6.20. The smallest absolute Gasteiger partial charge is 0.164 e. The number of halogens is 1. The van der Waals surface area contributed by atoms with Crippen molar-refractivity contribution >= 4 is 11.6 Å². The van der Waals surface area contributed by atoms with Crippen LogP contribution in [0.1, 0.15) is 32.3 Å². The molecule has 1 unspecified atom stereocenters. The molecule has 1 N–H and O–H groups in total. The number of methoxy groups -OCH3 is 1. The molecular weight excluding hydrogens is 274 g/mol. The van der Waals surface area contributed by atoms with Crippen LogP contribution in [0, 0.1) is 5.92 Å². The molecule has 112 valence electrons. The van der Waals surface area contributed by atoms with Gasteiger partial charge in [0.1, 0.15) is 0 Å². The van der Waals surface area contributed by atoms with E-state index in [2.05, 4.69) is 5.32 Å². The summed E-state index contributed by atoms with van der Waals surface area (Å²) in [6.45, 7) is 6.25. The average molecular weight is 298 g/mol. The Balaban J connectivity index is 2.25. The summed E-state index contributed by atoms with van der Waals surface area (Å²) >= 11 is 6.20. The summed E-state index contributed by atoms with van der Waals surface area (Å²) in [5, 5.41) is 4.16. The van der Waals surface area contributed by atoms with Crippen molar-refractivity contribution in [3.8, 4) is 11.5 Å². The van der Waals surface area contributed by atoms with E-state index in [4.69, 9.17) is 21.1 Å². The third kappa shape index (κ3) is 4.03. The van der Waals surface area contributed by atoms with E-state index in [0.29, 0.717) is 10.9 Å². The second-order valence-electron chi connectivity index (χ2n) is 5.68. The van der Waals surface area contributed by atoms with E-state index < -0.39 is 0 Å². The molecule has 1 saturated heterocycles. The van der Waals surface area contributed by atoms with Crippen molar-refractivity contribution in [3.63, 3.8) is 0 Å². The first-order chi connectivity index (χ1) is 9.60. The molecule has 20 heavy (non-hydrogen) atoms. The Kier molecular flexibility index (Phi) is 5.55. The van der Waals surface area contributed by atoms with Crippen LogP contribution in [0.4, 0.5) is 0 Å². The van der Waals surface area contributed by atoms with Crippen LogP contribution in [0.5, 0.6) is 11.5 Å². The normalized spacial score (nSPS) is 19.1. The van der Waals surface area contributed by atoms with Crippen molar-refractivity contribution < 1.29 is 9.47 Å². The lowest BCUT2D eigenvalue weighted by molar-refractivity contribution is 0.226. The molecule has 0 spiro atoms. The fraction of sp³-hybridized carbons (Fsp3) is 0.625. The summed E-state index contributed by atoms with van der Waals surface area (Å²) in [5.74, 6) is 2.21. The first kappa shape index (κ1) is 15.5. The van der Waals surface area contributed by atoms with E-state index in [1.54, 1.807) is 7.11 Å².